The molecule has 0 amide bonds. The zero-order valence-corrected chi connectivity index (χ0v) is 11.5. The third-order valence-corrected chi connectivity index (χ3v) is 3.14. The van der Waals surface area contributed by atoms with E-state index < -0.39 is 0 Å². The maximum atomic E-state index is 4.59. The zero-order chi connectivity index (χ0) is 13.1. The molecule has 2 aromatic rings. The van der Waals surface area contributed by atoms with E-state index in [0.29, 0.717) is 0 Å². The third kappa shape index (κ3) is 2.59. The van der Waals surface area contributed by atoms with E-state index in [1.165, 1.54) is 11.3 Å². The summed E-state index contributed by atoms with van der Waals surface area (Å²) < 4.78 is 2.03. The number of rotatable bonds is 4. The predicted molar refractivity (Wildman–Crippen MR) is 72.5 cm³/mol. The van der Waals surface area contributed by atoms with Crippen LogP contribution in [-0.2, 0) is 13.1 Å². The summed E-state index contributed by atoms with van der Waals surface area (Å²) in [5.41, 5.74) is 5.69. The van der Waals surface area contributed by atoms with Gasteiger partial charge in [-0.25, -0.2) is 0 Å². The van der Waals surface area contributed by atoms with Crippen molar-refractivity contribution >= 4 is 0 Å². The summed E-state index contributed by atoms with van der Waals surface area (Å²) in [6.45, 7) is 7.77. The van der Waals surface area contributed by atoms with E-state index in [-0.39, 0.29) is 0 Å². The lowest BCUT2D eigenvalue weighted by atomic mass is 10.2. The van der Waals surface area contributed by atoms with E-state index in [0.717, 1.165) is 30.2 Å². The SMILES string of the molecule is CNCc1c(C)nn(Cc2cccc(C)n2)c1C. The van der Waals surface area contributed by atoms with Gasteiger partial charge in [-0.3, -0.25) is 9.67 Å². The van der Waals surface area contributed by atoms with Crippen LogP contribution in [0.5, 0.6) is 0 Å². The first-order valence-electron chi connectivity index (χ1n) is 6.22. The largest absolute Gasteiger partial charge is 0.316 e. The lowest BCUT2D eigenvalue weighted by Crippen LogP contribution is -2.09. The molecule has 0 aliphatic rings. The first-order valence-corrected chi connectivity index (χ1v) is 6.22. The van der Waals surface area contributed by atoms with Gasteiger partial charge in [0, 0.05) is 23.5 Å². The van der Waals surface area contributed by atoms with Crippen LogP contribution in [0.4, 0.5) is 0 Å². The summed E-state index contributed by atoms with van der Waals surface area (Å²) in [6.07, 6.45) is 0. The molecule has 2 rings (SSSR count). The molecule has 18 heavy (non-hydrogen) atoms. The fourth-order valence-electron chi connectivity index (χ4n) is 2.16. The average molecular weight is 244 g/mol. The second kappa shape index (κ2) is 5.31. The highest BCUT2D eigenvalue weighted by molar-refractivity contribution is 5.25. The monoisotopic (exact) mass is 244 g/mol. The molecule has 0 atom stereocenters. The topological polar surface area (TPSA) is 42.7 Å². The Morgan fingerprint density at radius 1 is 1.22 bits per heavy atom. The van der Waals surface area contributed by atoms with Crippen LogP contribution in [0.1, 0.15) is 28.3 Å². The van der Waals surface area contributed by atoms with Crippen molar-refractivity contribution in [2.45, 2.75) is 33.9 Å². The minimum Gasteiger partial charge on any atom is -0.316 e. The van der Waals surface area contributed by atoms with Crippen LogP contribution in [0, 0.1) is 20.8 Å². The Labute approximate surface area is 108 Å². The van der Waals surface area contributed by atoms with Gasteiger partial charge in [0.25, 0.3) is 0 Å². The highest BCUT2D eigenvalue weighted by Crippen LogP contribution is 2.14. The van der Waals surface area contributed by atoms with Gasteiger partial charge in [-0.05, 0) is 40.0 Å². The van der Waals surface area contributed by atoms with Crippen molar-refractivity contribution in [3.8, 4) is 0 Å². The summed E-state index contributed by atoms with van der Waals surface area (Å²) >= 11 is 0. The Morgan fingerprint density at radius 3 is 2.67 bits per heavy atom. The Hall–Kier alpha value is -1.68. The van der Waals surface area contributed by atoms with Crippen LogP contribution >= 0.6 is 0 Å². The second-order valence-electron chi connectivity index (χ2n) is 4.61. The van der Waals surface area contributed by atoms with E-state index in [9.17, 15) is 0 Å². The standard InChI is InChI=1S/C14H20N4/c1-10-6-5-7-13(16-10)9-18-12(3)14(8-15-4)11(2)17-18/h5-7,15H,8-9H2,1-4H3. The fraction of sp³-hybridized carbons (Fsp3) is 0.429. The molecule has 2 aromatic heterocycles. The molecule has 4 heteroatoms. The number of aromatic nitrogens is 3. The van der Waals surface area contributed by atoms with Gasteiger partial charge < -0.3 is 5.32 Å². The fourth-order valence-corrected chi connectivity index (χ4v) is 2.16. The molecule has 0 aliphatic carbocycles. The molecule has 0 bridgehead atoms. The summed E-state index contributed by atoms with van der Waals surface area (Å²) in [5.74, 6) is 0. The van der Waals surface area contributed by atoms with E-state index in [1.54, 1.807) is 0 Å². The maximum absolute atomic E-state index is 4.59. The van der Waals surface area contributed by atoms with Gasteiger partial charge in [-0.1, -0.05) is 6.07 Å². The van der Waals surface area contributed by atoms with Crippen LogP contribution in [0.25, 0.3) is 0 Å². The van der Waals surface area contributed by atoms with Crippen molar-refractivity contribution < 1.29 is 0 Å². The molecular formula is C14H20N4. The van der Waals surface area contributed by atoms with Gasteiger partial charge in [0.15, 0.2) is 0 Å². The lowest BCUT2D eigenvalue weighted by Gasteiger charge is -2.05. The van der Waals surface area contributed by atoms with Crippen LogP contribution in [0.15, 0.2) is 18.2 Å². The van der Waals surface area contributed by atoms with Crippen molar-refractivity contribution in [2.75, 3.05) is 7.05 Å². The number of hydrogen-bond donors (Lipinski definition) is 1. The average Bonchev–Trinajstić information content (AvgIpc) is 2.57. The summed E-state index contributed by atoms with van der Waals surface area (Å²) in [5, 5.41) is 7.77. The Balaban J connectivity index is 2.27. The number of hydrogen-bond acceptors (Lipinski definition) is 3. The summed E-state index contributed by atoms with van der Waals surface area (Å²) in [4.78, 5) is 4.52. The Bertz CT molecular complexity index is 543. The van der Waals surface area contributed by atoms with E-state index >= 15 is 0 Å². The summed E-state index contributed by atoms with van der Waals surface area (Å²) in [7, 11) is 1.96. The van der Waals surface area contributed by atoms with Crippen LogP contribution < -0.4 is 5.32 Å². The molecule has 96 valence electrons. The Morgan fingerprint density at radius 2 is 2.00 bits per heavy atom. The van der Waals surface area contributed by atoms with Gasteiger partial charge in [0.05, 0.1) is 17.9 Å². The molecule has 0 saturated carbocycles. The van der Waals surface area contributed by atoms with Gasteiger partial charge >= 0.3 is 0 Å². The maximum Gasteiger partial charge on any atom is 0.0834 e. The van der Waals surface area contributed by atoms with Crippen molar-refractivity contribution in [2.24, 2.45) is 0 Å². The molecule has 0 aliphatic heterocycles. The normalized spacial score (nSPS) is 10.9. The molecule has 0 radical (unpaired) electrons. The smallest absolute Gasteiger partial charge is 0.0834 e. The Kier molecular flexibility index (Phi) is 3.77. The molecule has 0 aromatic carbocycles. The molecule has 0 saturated heterocycles. The molecule has 2 heterocycles. The quantitative estimate of drug-likeness (QED) is 0.894. The molecular weight excluding hydrogens is 224 g/mol. The van der Waals surface area contributed by atoms with E-state index in [4.69, 9.17) is 0 Å². The number of nitrogens with zero attached hydrogens (tertiary/aromatic N) is 3. The van der Waals surface area contributed by atoms with Crippen molar-refractivity contribution in [1.29, 1.82) is 0 Å². The van der Waals surface area contributed by atoms with Crippen molar-refractivity contribution in [1.82, 2.24) is 20.1 Å². The second-order valence-corrected chi connectivity index (χ2v) is 4.61. The van der Waals surface area contributed by atoms with Crippen molar-refractivity contribution in [3.05, 3.63) is 46.5 Å². The van der Waals surface area contributed by atoms with Crippen LogP contribution in [0.2, 0.25) is 0 Å². The van der Waals surface area contributed by atoms with Crippen LogP contribution in [-0.4, -0.2) is 21.8 Å². The van der Waals surface area contributed by atoms with Crippen molar-refractivity contribution in [3.63, 3.8) is 0 Å². The third-order valence-electron chi connectivity index (χ3n) is 3.14. The molecule has 0 fully saturated rings. The number of pyridine rings is 1. The number of nitrogens with one attached hydrogen (secondary N) is 1. The minimum absolute atomic E-state index is 0.734. The van der Waals surface area contributed by atoms with Gasteiger partial charge in [0.2, 0.25) is 0 Å². The molecule has 0 unspecified atom stereocenters. The van der Waals surface area contributed by atoms with Crippen LogP contribution in [0.3, 0.4) is 0 Å². The zero-order valence-electron chi connectivity index (χ0n) is 11.5. The summed E-state index contributed by atoms with van der Waals surface area (Å²) in [6, 6.07) is 6.09. The van der Waals surface area contributed by atoms with Gasteiger partial charge in [-0.2, -0.15) is 5.10 Å². The number of aryl methyl sites for hydroxylation is 2. The first kappa shape index (κ1) is 12.8. The van der Waals surface area contributed by atoms with E-state index in [1.807, 2.05) is 36.9 Å². The molecule has 4 nitrogen and oxygen atoms in total. The van der Waals surface area contributed by atoms with E-state index in [2.05, 4.69) is 29.2 Å². The highest BCUT2D eigenvalue weighted by Gasteiger charge is 2.11. The molecule has 1 N–H and O–H groups in total. The predicted octanol–water partition coefficient (Wildman–Crippen LogP) is 1.97. The van der Waals surface area contributed by atoms with Gasteiger partial charge in [0.1, 0.15) is 0 Å². The first-order chi connectivity index (χ1) is 8.61. The lowest BCUT2D eigenvalue weighted by molar-refractivity contribution is 0.644. The van der Waals surface area contributed by atoms with Gasteiger partial charge in [-0.15, -0.1) is 0 Å². The highest BCUT2D eigenvalue weighted by atomic mass is 15.3. The minimum atomic E-state index is 0.734. The molecule has 0 spiro atoms.